The lowest BCUT2D eigenvalue weighted by Crippen LogP contribution is -2.12. The molecular formula is C11H20O3. The van der Waals surface area contributed by atoms with E-state index in [2.05, 4.69) is 13.8 Å². The number of ketones is 1. The van der Waals surface area contributed by atoms with Crippen molar-refractivity contribution >= 4 is 11.8 Å². The van der Waals surface area contributed by atoms with Gasteiger partial charge in [-0.1, -0.05) is 26.7 Å². The lowest BCUT2D eigenvalue weighted by molar-refractivity contribution is -0.146. The summed E-state index contributed by atoms with van der Waals surface area (Å²) in [5.41, 5.74) is 0. The Balaban J connectivity index is 3.52. The highest BCUT2D eigenvalue weighted by atomic mass is 16.5. The number of hydrogen-bond acceptors (Lipinski definition) is 3. The second-order valence-corrected chi connectivity index (χ2v) is 3.57. The molecule has 82 valence electrons. The molecule has 0 fully saturated rings. The molecule has 0 aromatic rings. The van der Waals surface area contributed by atoms with Crippen LogP contribution in [0.15, 0.2) is 0 Å². The van der Waals surface area contributed by atoms with Crippen LogP contribution in [0.2, 0.25) is 0 Å². The SMILES string of the molecule is CCC(CC)CCOC(=O)CC(C)=O. The maximum Gasteiger partial charge on any atom is 0.313 e. The van der Waals surface area contributed by atoms with E-state index in [1.807, 2.05) is 0 Å². The van der Waals surface area contributed by atoms with Gasteiger partial charge in [-0.25, -0.2) is 0 Å². The van der Waals surface area contributed by atoms with Gasteiger partial charge in [0, 0.05) is 0 Å². The average Bonchev–Trinajstić information content (AvgIpc) is 2.11. The third-order valence-corrected chi connectivity index (χ3v) is 2.34. The van der Waals surface area contributed by atoms with Crippen molar-refractivity contribution in [3.05, 3.63) is 0 Å². The molecule has 14 heavy (non-hydrogen) atoms. The first-order chi connectivity index (χ1) is 6.60. The van der Waals surface area contributed by atoms with Gasteiger partial charge in [0.05, 0.1) is 6.61 Å². The van der Waals surface area contributed by atoms with Crippen LogP contribution in [0, 0.1) is 5.92 Å². The summed E-state index contributed by atoms with van der Waals surface area (Å²) >= 11 is 0. The van der Waals surface area contributed by atoms with E-state index in [0.29, 0.717) is 12.5 Å². The summed E-state index contributed by atoms with van der Waals surface area (Å²) in [6.45, 7) is 6.09. The third kappa shape index (κ3) is 6.63. The summed E-state index contributed by atoms with van der Waals surface area (Å²) in [5, 5.41) is 0. The van der Waals surface area contributed by atoms with Gasteiger partial charge in [0.15, 0.2) is 0 Å². The highest BCUT2D eigenvalue weighted by Crippen LogP contribution is 2.12. The van der Waals surface area contributed by atoms with Gasteiger partial charge in [0.25, 0.3) is 0 Å². The summed E-state index contributed by atoms with van der Waals surface area (Å²) in [6.07, 6.45) is 3.03. The number of carbonyl (C=O) groups is 2. The summed E-state index contributed by atoms with van der Waals surface area (Å²) in [7, 11) is 0. The predicted octanol–water partition coefficient (Wildman–Crippen LogP) is 2.33. The smallest absolute Gasteiger partial charge is 0.313 e. The molecule has 0 aliphatic heterocycles. The van der Waals surface area contributed by atoms with Gasteiger partial charge >= 0.3 is 5.97 Å². The molecule has 0 radical (unpaired) electrons. The first kappa shape index (κ1) is 13.1. The molecule has 3 heteroatoms. The maximum absolute atomic E-state index is 11.0. The molecule has 0 saturated heterocycles. The molecule has 0 aliphatic carbocycles. The molecule has 0 aromatic carbocycles. The van der Waals surface area contributed by atoms with Crippen LogP contribution in [0.4, 0.5) is 0 Å². The molecule has 0 spiro atoms. The number of Topliss-reactive ketones (excluding diaryl/α,β-unsaturated/α-hetero) is 1. The quantitative estimate of drug-likeness (QED) is 0.468. The molecule has 0 aromatic heterocycles. The zero-order valence-corrected chi connectivity index (χ0v) is 9.34. The lowest BCUT2D eigenvalue weighted by Gasteiger charge is -2.11. The van der Waals surface area contributed by atoms with Crippen LogP contribution < -0.4 is 0 Å². The number of hydrogen-bond donors (Lipinski definition) is 0. The van der Waals surface area contributed by atoms with E-state index >= 15 is 0 Å². The van der Waals surface area contributed by atoms with Crippen molar-refractivity contribution in [2.45, 2.75) is 46.5 Å². The zero-order chi connectivity index (χ0) is 11.0. The van der Waals surface area contributed by atoms with Gasteiger partial charge in [-0.15, -0.1) is 0 Å². The van der Waals surface area contributed by atoms with Crippen molar-refractivity contribution in [2.75, 3.05) is 6.61 Å². The molecule has 0 N–H and O–H groups in total. The van der Waals surface area contributed by atoms with E-state index in [-0.39, 0.29) is 12.2 Å². The van der Waals surface area contributed by atoms with Gasteiger partial charge in [0.2, 0.25) is 0 Å². The topological polar surface area (TPSA) is 43.4 Å². The fourth-order valence-electron chi connectivity index (χ4n) is 1.29. The molecule has 0 heterocycles. The van der Waals surface area contributed by atoms with Gasteiger partial charge in [-0.2, -0.15) is 0 Å². The largest absolute Gasteiger partial charge is 0.465 e. The predicted molar refractivity (Wildman–Crippen MR) is 54.9 cm³/mol. The normalized spacial score (nSPS) is 10.3. The highest BCUT2D eigenvalue weighted by Gasteiger charge is 2.08. The van der Waals surface area contributed by atoms with Crippen LogP contribution >= 0.6 is 0 Å². The molecule has 0 aliphatic rings. The van der Waals surface area contributed by atoms with Gasteiger partial charge in [-0.3, -0.25) is 9.59 Å². The van der Waals surface area contributed by atoms with E-state index in [4.69, 9.17) is 4.74 Å². The van der Waals surface area contributed by atoms with Gasteiger partial charge < -0.3 is 4.74 Å². The molecule has 0 rings (SSSR count). The van der Waals surface area contributed by atoms with Crippen LogP contribution in [-0.2, 0) is 14.3 Å². The Morgan fingerprint density at radius 2 is 1.79 bits per heavy atom. The second kappa shape index (κ2) is 7.54. The molecule has 0 amide bonds. The van der Waals surface area contributed by atoms with Crippen LogP contribution in [0.25, 0.3) is 0 Å². The van der Waals surface area contributed by atoms with Crippen molar-refractivity contribution in [3.8, 4) is 0 Å². The summed E-state index contributed by atoms with van der Waals surface area (Å²) in [6, 6.07) is 0. The Morgan fingerprint density at radius 1 is 1.21 bits per heavy atom. The number of rotatable bonds is 7. The van der Waals surface area contributed by atoms with E-state index in [1.165, 1.54) is 6.92 Å². The van der Waals surface area contributed by atoms with E-state index in [1.54, 1.807) is 0 Å². The zero-order valence-electron chi connectivity index (χ0n) is 9.34. The number of esters is 1. The Morgan fingerprint density at radius 3 is 2.21 bits per heavy atom. The second-order valence-electron chi connectivity index (χ2n) is 3.57. The first-order valence-corrected chi connectivity index (χ1v) is 5.25. The molecule has 0 unspecified atom stereocenters. The average molecular weight is 200 g/mol. The van der Waals surface area contributed by atoms with Gasteiger partial charge in [0.1, 0.15) is 12.2 Å². The molecule has 0 atom stereocenters. The van der Waals surface area contributed by atoms with Crippen LogP contribution in [0.3, 0.4) is 0 Å². The Kier molecular flexibility index (Phi) is 7.07. The van der Waals surface area contributed by atoms with E-state index < -0.39 is 5.97 Å². The van der Waals surface area contributed by atoms with Crippen LogP contribution in [0.5, 0.6) is 0 Å². The maximum atomic E-state index is 11.0. The third-order valence-electron chi connectivity index (χ3n) is 2.34. The minimum atomic E-state index is -0.400. The standard InChI is InChI=1S/C11H20O3/c1-4-10(5-2)6-7-14-11(13)8-9(3)12/h10H,4-8H2,1-3H3. The molecule has 3 nitrogen and oxygen atoms in total. The van der Waals surface area contributed by atoms with Crippen molar-refractivity contribution < 1.29 is 14.3 Å². The number of carbonyl (C=O) groups excluding carboxylic acids is 2. The van der Waals surface area contributed by atoms with Gasteiger partial charge in [-0.05, 0) is 19.3 Å². The van der Waals surface area contributed by atoms with Crippen molar-refractivity contribution in [3.63, 3.8) is 0 Å². The van der Waals surface area contributed by atoms with Crippen molar-refractivity contribution in [1.29, 1.82) is 0 Å². The minimum Gasteiger partial charge on any atom is -0.465 e. The van der Waals surface area contributed by atoms with Crippen molar-refractivity contribution in [1.82, 2.24) is 0 Å². The molecule has 0 bridgehead atoms. The van der Waals surface area contributed by atoms with E-state index in [0.717, 1.165) is 19.3 Å². The van der Waals surface area contributed by atoms with E-state index in [9.17, 15) is 9.59 Å². The fraction of sp³-hybridized carbons (Fsp3) is 0.818. The Hall–Kier alpha value is -0.860. The minimum absolute atomic E-state index is 0.0943. The fourth-order valence-corrected chi connectivity index (χ4v) is 1.29. The number of ether oxygens (including phenoxy) is 1. The van der Waals surface area contributed by atoms with Crippen LogP contribution in [0.1, 0.15) is 46.5 Å². The lowest BCUT2D eigenvalue weighted by atomic mass is 10.0. The summed E-state index contributed by atoms with van der Waals surface area (Å²) in [5.74, 6) is 0.0844. The summed E-state index contributed by atoms with van der Waals surface area (Å²) < 4.78 is 4.93. The first-order valence-electron chi connectivity index (χ1n) is 5.25. The summed E-state index contributed by atoms with van der Waals surface area (Å²) in [4.78, 5) is 21.5. The Labute approximate surface area is 85.8 Å². The van der Waals surface area contributed by atoms with Crippen LogP contribution in [-0.4, -0.2) is 18.4 Å². The van der Waals surface area contributed by atoms with Crippen molar-refractivity contribution in [2.24, 2.45) is 5.92 Å². The highest BCUT2D eigenvalue weighted by molar-refractivity contribution is 5.94. The molecule has 0 saturated carbocycles. The Bertz CT molecular complexity index is 183. The monoisotopic (exact) mass is 200 g/mol. The molecular weight excluding hydrogens is 180 g/mol.